The molecule has 0 aliphatic carbocycles. The average molecular weight is 345 g/mol. The van der Waals surface area contributed by atoms with Gasteiger partial charge in [0.05, 0.1) is 24.8 Å². The van der Waals surface area contributed by atoms with Gasteiger partial charge in [-0.3, -0.25) is 4.79 Å². The van der Waals surface area contributed by atoms with E-state index >= 15 is 0 Å². The molecule has 7 heteroatoms. The van der Waals surface area contributed by atoms with E-state index in [9.17, 15) is 4.79 Å². The van der Waals surface area contributed by atoms with Crippen molar-refractivity contribution in [3.05, 3.63) is 48.3 Å². The molecule has 2 unspecified atom stereocenters. The number of rotatable bonds is 5. The predicted molar refractivity (Wildman–Crippen MR) is 91.4 cm³/mol. The first-order valence-corrected chi connectivity index (χ1v) is 8.95. The Bertz CT molecular complexity index is 684. The summed E-state index contributed by atoms with van der Waals surface area (Å²) in [4.78, 5) is 21.0. The molecule has 1 fully saturated rings. The maximum Gasteiger partial charge on any atom is 0.254 e. The largest absolute Gasteiger partial charge is 0.472 e. The molecule has 0 aromatic carbocycles. The van der Waals surface area contributed by atoms with Crippen LogP contribution in [-0.2, 0) is 4.74 Å². The van der Waals surface area contributed by atoms with Crippen molar-refractivity contribution in [3.63, 3.8) is 0 Å². The van der Waals surface area contributed by atoms with Crippen molar-refractivity contribution in [3.8, 4) is 5.88 Å². The molecule has 0 saturated carbocycles. The second-order valence-corrected chi connectivity index (χ2v) is 6.12. The number of nitrogens with zero attached hydrogens (tertiary/aromatic N) is 2. The molecule has 3 heterocycles. The first-order valence-electron chi connectivity index (χ1n) is 7.73. The quantitative estimate of drug-likeness (QED) is 0.837. The highest BCUT2D eigenvalue weighted by atomic mass is 32.2. The Morgan fingerprint density at radius 3 is 2.96 bits per heavy atom. The summed E-state index contributed by atoms with van der Waals surface area (Å²) in [6, 6.07) is 8.81. The minimum absolute atomic E-state index is 0.169. The van der Waals surface area contributed by atoms with Crippen LogP contribution in [0.5, 0.6) is 5.88 Å². The zero-order valence-corrected chi connectivity index (χ0v) is 14.2. The Morgan fingerprint density at radius 1 is 1.29 bits per heavy atom. The highest BCUT2D eigenvalue weighted by molar-refractivity contribution is 7.98. The lowest BCUT2D eigenvalue weighted by molar-refractivity contribution is -0.00453. The highest BCUT2D eigenvalue weighted by Gasteiger charge is 2.30. The Morgan fingerprint density at radius 2 is 2.17 bits per heavy atom. The van der Waals surface area contributed by atoms with Gasteiger partial charge in [-0.25, -0.2) is 9.97 Å². The molecular weight excluding hydrogens is 326 g/mol. The van der Waals surface area contributed by atoms with Gasteiger partial charge < -0.3 is 14.8 Å². The molecule has 126 valence electrons. The smallest absolute Gasteiger partial charge is 0.254 e. The standard InChI is InChI=1S/C17H19N3O3S/c1-24-17-12(5-4-9-19-17)16(21)20-13-11-22-10-7-14(13)23-15-6-2-3-8-18-15/h2-6,8-9,13-14H,7,10-11H2,1H3,(H,20,21). The van der Waals surface area contributed by atoms with E-state index in [4.69, 9.17) is 9.47 Å². The third-order valence-electron chi connectivity index (χ3n) is 3.73. The van der Waals surface area contributed by atoms with E-state index in [1.165, 1.54) is 11.8 Å². The molecule has 24 heavy (non-hydrogen) atoms. The SMILES string of the molecule is CSc1ncccc1C(=O)NC1COCCC1Oc1ccccn1. The van der Waals surface area contributed by atoms with E-state index in [2.05, 4.69) is 15.3 Å². The van der Waals surface area contributed by atoms with Crippen LogP contribution in [0.4, 0.5) is 0 Å². The summed E-state index contributed by atoms with van der Waals surface area (Å²) in [5.41, 5.74) is 0.562. The Kier molecular flexibility index (Phi) is 5.66. The topological polar surface area (TPSA) is 73.3 Å². The molecule has 1 amide bonds. The molecule has 0 spiro atoms. The predicted octanol–water partition coefficient (Wildman–Crippen LogP) is 2.16. The molecule has 1 N–H and O–H groups in total. The van der Waals surface area contributed by atoms with E-state index in [-0.39, 0.29) is 18.1 Å². The number of carbonyl (C=O) groups is 1. The number of hydrogen-bond acceptors (Lipinski definition) is 6. The zero-order chi connectivity index (χ0) is 16.8. The second kappa shape index (κ2) is 8.12. The van der Waals surface area contributed by atoms with E-state index < -0.39 is 0 Å². The van der Waals surface area contributed by atoms with Crippen LogP contribution in [0, 0.1) is 0 Å². The number of amides is 1. The minimum Gasteiger partial charge on any atom is -0.472 e. The molecule has 2 aromatic heterocycles. The van der Waals surface area contributed by atoms with Crippen LogP contribution < -0.4 is 10.1 Å². The summed E-state index contributed by atoms with van der Waals surface area (Å²) in [5, 5.41) is 3.71. The van der Waals surface area contributed by atoms with Gasteiger partial charge in [0.25, 0.3) is 5.91 Å². The van der Waals surface area contributed by atoms with Crippen LogP contribution >= 0.6 is 11.8 Å². The number of aromatic nitrogens is 2. The van der Waals surface area contributed by atoms with Crippen LogP contribution in [0.2, 0.25) is 0 Å². The van der Waals surface area contributed by atoms with Crippen LogP contribution in [0.15, 0.2) is 47.8 Å². The van der Waals surface area contributed by atoms with Gasteiger partial charge in [0.1, 0.15) is 11.1 Å². The fraction of sp³-hybridized carbons (Fsp3) is 0.353. The highest BCUT2D eigenvalue weighted by Crippen LogP contribution is 2.19. The number of carbonyl (C=O) groups excluding carboxylic acids is 1. The Hall–Kier alpha value is -2.12. The third-order valence-corrected chi connectivity index (χ3v) is 4.44. The molecule has 0 bridgehead atoms. The van der Waals surface area contributed by atoms with Crippen LogP contribution in [0.25, 0.3) is 0 Å². The third kappa shape index (κ3) is 4.04. The molecule has 1 aliphatic heterocycles. The summed E-state index contributed by atoms with van der Waals surface area (Å²) in [7, 11) is 0. The number of nitrogens with one attached hydrogen (secondary N) is 1. The second-order valence-electron chi connectivity index (χ2n) is 5.33. The number of thioether (sulfide) groups is 1. The Balaban J connectivity index is 1.70. The van der Waals surface area contributed by atoms with Crippen LogP contribution in [0.3, 0.4) is 0 Å². The molecule has 0 radical (unpaired) electrons. The summed E-state index contributed by atoms with van der Waals surface area (Å²) in [5.74, 6) is 0.382. The van der Waals surface area contributed by atoms with Gasteiger partial charge in [-0.15, -0.1) is 11.8 Å². The summed E-state index contributed by atoms with van der Waals surface area (Å²) >= 11 is 1.44. The maximum absolute atomic E-state index is 12.6. The van der Waals surface area contributed by atoms with Crippen LogP contribution in [-0.4, -0.2) is 47.5 Å². The van der Waals surface area contributed by atoms with Gasteiger partial charge in [0, 0.05) is 24.9 Å². The molecule has 1 aliphatic rings. The summed E-state index contributed by atoms with van der Waals surface area (Å²) in [6.07, 6.45) is 5.79. The van der Waals surface area contributed by atoms with Gasteiger partial charge in [-0.05, 0) is 24.5 Å². The van der Waals surface area contributed by atoms with Gasteiger partial charge in [0.2, 0.25) is 5.88 Å². The maximum atomic E-state index is 12.6. The summed E-state index contributed by atoms with van der Waals surface area (Å²) in [6.45, 7) is 1.02. The van der Waals surface area contributed by atoms with Crippen molar-refractivity contribution >= 4 is 17.7 Å². The zero-order valence-electron chi connectivity index (χ0n) is 13.3. The van der Waals surface area contributed by atoms with Crippen molar-refractivity contribution in [2.24, 2.45) is 0 Å². The van der Waals surface area contributed by atoms with Crippen molar-refractivity contribution < 1.29 is 14.3 Å². The first kappa shape index (κ1) is 16.7. The Labute approximate surface area is 145 Å². The molecule has 3 rings (SSSR count). The lowest BCUT2D eigenvalue weighted by Crippen LogP contribution is -2.52. The number of pyridine rings is 2. The van der Waals surface area contributed by atoms with E-state index in [1.54, 1.807) is 30.6 Å². The van der Waals surface area contributed by atoms with Gasteiger partial charge in [0.15, 0.2) is 0 Å². The van der Waals surface area contributed by atoms with E-state index in [0.29, 0.717) is 36.1 Å². The molecule has 2 atom stereocenters. The lowest BCUT2D eigenvalue weighted by atomic mass is 10.1. The van der Waals surface area contributed by atoms with Crippen molar-refractivity contribution in [1.82, 2.24) is 15.3 Å². The van der Waals surface area contributed by atoms with Gasteiger partial charge >= 0.3 is 0 Å². The lowest BCUT2D eigenvalue weighted by Gasteiger charge is -2.32. The average Bonchev–Trinajstić information content (AvgIpc) is 2.64. The monoisotopic (exact) mass is 345 g/mol. The van der Waals surface area contributed by atoms with Crippen molar-refractivity contribution in [2.45, 2.75) is 23.6 Å². The minimum atomic E-state index is -0.233. The van der Waals surface area contributed by atoms with E-state index in [1.807, 2.05) is 18.4 Å². The summed E-state index contributed by atoms with van der Waals surface area (Å²) < 4.78 is 11.4. The molecular formula is C17H19N3O3S. The van der Waals surface area contributed by atoms with Crippen molar-refractivity contribution in [2.75, 3.05) is 19.5 Å². The van der Waals surface area contributed by atoms with Gasteiger partial charge in [-0.2, -0.15) is 0 Å². The van der Waals surface area contributed by atoms with Crippen molar-refractivity contribution in [1.29, 1.82) is 0 Å². The molecule has 2 aromatic rings. The van der Waals surface area contributed by atoms with Gasteiger partial charge in [-0.1, -0.05) is 6.07 Å². The number of ether oxygens (including phenoxy) is 2. The fourth-order valence-electron chi connectivity index (χ4n) is 2.54. The fourth-order valence-corrected chi connectivity index (χ4v) is 3.09. The normalized spacial score (nSPS) is 20.4. The first-order chi connectivity index (χ1) is 11.8. The molecule has 6 nitrogen and oxygen atoms in total. The van der Waals surface area contributed by atoms with Crippen LogP contribution in [0.1, 0.15) is 16.8 Å². The van der Waals surface area contributed by atoms with E-state index in [0.717, 1.165) is 0 Å². The number of hydrogen-bond donors (Lipinski definition) is 1. The molecule has 1 saturated heterocycles.